The van der Waals surface area contributed by atoms with Crippen LogP contribution in [0.15, 0.2) is 24.3 Å². The second-order valence-electron chi connectivity index (χ2n) is 3.42. The number of carbonyl (C=O) groups excluding carboxylic acids is 1. The number of hydrogen-bond donors (Lipinski definition) is 1. The quantitative estimate of drug-likeness (QED) is 0.550. The average molecular weight is 191 g/mol. The molecule has 1 aromatic rings. The largest absolute Gasteiger partial charge is 0.320 e. The molecule has 2 heteroatoms. The van der Waals surface area contributed by atoms with Gasteiger partial charge in [0.2, 0.25) is 0 Å². The molecule has 2 nitrogen and oxygen atoms in total. The monoisotopic (exact) mass is 191 g/mol. The summed E-state index contributed by atoms with van der Waals surface area (Å²) in [7, 11) is 1.97. The van der Waals surface area contributed by atoms with Crippen molar-refractivity contribution in [2.24, 2.45) is 0 Å². The molecule has 1 rings (SSSR count). The highest BCUT2D eigenvalue weighted by molar-refractivity contribution is 5.74. The highest BCUT2D eigenvalue weighted by Crippen LogP contribution is 2.06. The summed E-state index contributed by atoms with van der Waals surface area (Å²) in [4.78, 5) is 10.4. The third-order valence-electron chi connectivity index (χ3n) is 2.26. The first kappa shape index (κ1) is 10.9. The van der Waals surface area contributed by atoms with Gasteiger partial charge in [0, 0.05) is 5.56 Å². The van der Waals surface area contributed by atoms with Gasteiger partial charge in [-0.25, -0.2) is 0 Å². The zero-order chi connectivity index (χ0) is 10.2. The number of rotatable bonds is 6. The molecule has 0 saturated carbocycles. The third kappa shape index (κ3) is 3.71. The van der Waals surface area contributed by atoms with E-state index in [2.05, 4.69) is 5.32 Å². The molecule has 0 fully saturated rings. The van der Waals surface area contributed by atoms with Gasteiger partial charge in [0.15, 0.2) is 0 Å². The molecule has 76 valence electrons. The van der Waals surface area contributed by atoms with E-state index in [0.29, 0.717) is 0 Å². The van der Waals surface area contributed by atoms with E-state index in [-0.39, 0.29) is 0 Å². The number of nitrogens with one attached hydrogen (secondary N) is 1. The first-order valence-corrected chi connectivity index (χ1v) is 5.05. The Bertz CT molecular complexity index is 266. The Morgan fingerprint density at radius 3 is 2.50 bits per heavy atom. The highest BCUT2D eigenvalue weighted by atomic mass is 16.1. The van der Waals surface area contributed by atoms with Gasteiger partial charge in [0.1, 0.15) is 6.29 Å². The van der Waals surface area contributed by atoms with Crippen LogP contribution in [0, 0.1) is 0 Å². The van der Waals surface area contributed by atoms with Gasteiger partial charge in [0.25, 0.3) is 0 Å². The lowest BCUT2D eigenvalue weighted by Gasteiger charge is -2.01. The molecule has 0 saturated heterocycles. The minimum Gasteiger partial charge on any atom is -0.320 e. The van der Waals surface area contributed by atoms with Gasteiger partial charge in [-0.2, -0.15) is 0 Å². The molecular weight excluding hydrogens is 174 g/mol. The maximum absolute atomic E-state index is 10.4. The van der Waals surface area contributed by atoms with Crippen molar-refractivity contribution in [3.8, 4) is 0 Å². The Hall–Kier alpha value is -1.15. The van der Waals surface area contributed by atoms with Gasteiger partial charge in [-0.05, 0) is 38.4 Å². The summed E-state index contributed by atoms with van der Waals surface area (Å²) in [5.41, 5.74) is 2.07. The smallest absolute Gasteiger partial charge is 0.150 e. The molecule has 0 aliphatic heterocycles. The second-order valence-corrected chi connectivity index (χ2v) is 3.42. The number of carbonyl (C=O) groups is 1. The molecule has 0 spiro atoms. The van der Waals surface area contributed by atoms with Crippen LogP contribution in [0.1, 0.15) is 28.8 Å². The summed E-state index contributed by atoms with van der Waals surface area (Å²) in [5, 5.41) is 3.13. The van der Waals surface area contributed by atoms with Gasteiger partial charge in [-0.3, -0.25) is 4.79 Å². The van der Waals surface area contributed by atoms with E-state index in [1.54, 1.807) is 0 Å². The van der Waals surface area contributed by atoms with Crippen molar-refractivity contribution >= 4 is 6.29 Å². The number of unbranched alkanes of at least 4 members (excludes halogenated alkanes) is 1. The molecule has 1 aromatic carbocycles. The average Bonchev–Trinajstić information content (AvgIpc) is 2.25. The fraction of sp³-hybridized carbons (Fsp3) is 0.417. The van der Waals surface area contributed by atoms with Crippen LogP contribution in [0.2, 0.25) is 0 Å². The maximum Gasteiger partial charge on any atom is 0.150 e. The van der Waals surface area contributed by atoms with E-state index in [4.69, 9.17) is 0 Å². The van der Waals surface area contributed by atoms with Crippen molar-refractivity contribution in [3.63, 3.8) is 0 Å². The van der Waals surface area contributed by atoms with Crippen LogP contribution >= 0.6 is 0 Å². The number of benzene rings is 1. The normalized spacial score (nSPS) is 10.1. The number of aryl methyl sites for hydroxylation is 1. The third-order valence-corrected chi connectivity index (χ3v) is 2.26. The van der Waals surface area contributed by atoms with Crippen LogP contribution in [0.4, 0.5) is 0 Å². The van der Waals surface area contributed by atoms with Crippen molar-refractivity contribution in [2.75, 3.05) is 13.6 Å². The van der Waals surface area contributed by atoms with E-state index in [1.165, 1.54) is 18.4 Å². The van der Waals surface area contributed by atoms with Crippen LogP contribution in [-0.4, -0.2) is 19.9 Å². The zero-order valence-electron chi connectivity index (χ0n) is 8.62. The molecule has 1 N–H and O–H groups in total. The molecule has 0 atom stereocenters. The predicted octanol–water partition coefficient (Wildman–Crippen LogP) is 2.04. The first-order chi connectivity index (χ1) is 6.86. The number of aldehydes is 1. The van der Waals surface area contributed by atoms with Gasteiger partial charge < -0.3 is 5.32 Å². The Balaban J connectivity index is 2.32. The van der Waals surface area contributed by atoms with E-state index >= 15 is 0 Å². The summed E-state index contributed by atoms with van der Waals surface area (Å²) in [5.74, 6) is 0. The van der Waals surface area contributed by atoms with Crippen LogP contribution < -0.4 is 5.32 Å². The summed E-state index contributed by atoms with van der Waals surface area (Å²) in [6, 6.07) is 7.81. The Morgan fingerprint density at radius 2 is 1.93 bits per heavy atom. The van der Waals surface area contributed by atoms with Crippen molar-refractivity contribution in [3.05, 3.63) is 35.4 Å². The molecule has 0 aliphatic rings. The first-order valence-electron chi connectivity index (χ1n) is 5.05. The van der Waals surface area contributed by atoms with Crippen LogP contribution in [0.5, 0.6) is 0 Å². The van der Waals surface area contributed by atoms with Gasteiger partial charge in [0.05, 0.1) is 0 Å². The van der Waals surface area contributed by atoms with Crippen molar-refractivity contribution < 1.29 is 4.79 Å². The standard InChI is InChI=1S/C12H17NO/c1-13-9-3-2-4-11-5-7-12(10-14)8-6-11/h5-8,10,13H,2-4,9H2,1H3. The molecule has 14 heavy (non-hydrogen) atoms. The van der Waals surface area contributed by atoms with Crippen molar-refractivity contribution in [1.29, 1.82) is 0 Å². The Kier molecular flexibility index (Phi) is 4.94. The van der Waals surface area contributed by atoms with E-state index in [9.17, 15) is 4.79 Å². The molecule has 0 amide bonds. The molecule has 0 heterocycles. The summed E-state index contributed by atoms with van der Waals surface area (Å²) >= 11 is 0. The minimum absolute atomic E-state index is 0.754. The fourth-order valence-corrected chi connectivity index (χ4v) is 1.39. The molecule has 0 aromatic heterocycles. The summed E-state index contributed by atoms with van der Waals surface area (Å²) < 4.78 is 0. The molecule has 0 unspecified atom stereocenters. The van der Waals surface area contributed by atoms with Crippen molar-refractivity contribution in [2.45, 2.75) is 19.3 Å². The summed E-state index contributed by atoms with van der Waals surface area (Å²) in [6.07, 6.45) is 4.37. The van der Waals surface area contributed by atoms with Crippen molar-refractivity contribution in [1.82, 2.24) is 5.32 Å². The lowest BCUT2D eigenvalue weighted by atomic mass is 10.1. The highest BCUT2D eigenvalue weighted by Gasteiger charge is 1.93. The lowest BCUT2D eigenvalue weighted by Crippen LogP contribution is -2.07. The van der Waals surface area contributed by atoms with Gasteiger partial charge in [-0.15, -0.1) is 0 Å². The SMILES string of the molecule is CNCCCCc1ccc(C=O)cc1. The molecule has 0 aliphatic carbocycles. The predicted molar refractivity (Wildman–Crippen MR) is 58.7 cm³/mol. The summed E-state index contributed by atoms with van der Waals surface area (Å²) in [6.45, 7) is 1.08. The minimum atomic E-state index is 0.754. The van der Waals surface area contributed by atoms with Crippen LogP contribution in [-0.2, 0) is 6.42 Å². The lowest BCUT2D eigenvalue weighted by molar-refractivity contribution is 0.112. The van der Waals surface area contributed by atoms with E-state index in [0.717, 1.165) is 24.8 Å². The topological polar surface area (TPSA) is 29.1 Å². The second kappa shape index (κ2) is 6.33. The van der Waals surface area contributed by atoms with Crippen LogP contribution in [0.3, 0.4) is 0 Å². The van der Waals surface area contributed by atoms with Crippen LogP contribution in [0.25, 0.3) is 0 Å². The van der Waals surface area contributed by atoms with E-state index < -0.39 is 0 Å². The number of hydrogen-bond acceptors (Lipinski definition) is 2. The zero-order valence-corrected chi connectivity index (χ0v) is 8.62. The maximum atomic E-state index is 10.4. The Morgan fingerprint density at radius 1 is 1.21 bits per heavy atom. The van der Waals surface area contributed by atoms with Gasteiger partial charge in [-0.1, -0.05) is 24.3 Å². The fourth-order valence-electron chi connectivity index (χ4n) is 1.39. The molecule has 0 bridgehead atoms. The molecule has 0 radical (unpaired) electrons. The Labute approximate surface area is 85.3 Å². The van der Waals surface area contributed by atoms with E-state index in [1.807, 2.05) is 31.3 Å². The van der Waals surface area contributed by atoms with Gasteiger partial charge >= 0.3 is 0 Å². The molecular formula is C12H17NO.